The molecule has 0 spiro atoms. The molecule has 4 heteroatoms. The van der Waals surface area contributed by atoms with Crippen LogP contribution in [0, 0.1) is 12.8 Å². The monoisotopic (exact) mass is 336 g/mol. The molecule has 0 bridgehead atoms. The van der Waals surface area contributed by atoms with Gasteiger partial charge in [-0.25, -0.2) is 0 Å². The van der Waals surface area contributed by atoms with Crippen LogP contribution in [0.3, 0.4) is 0 Å². The average Bonchev–Trinajstić information content (AvgIpc) is 2.98. The third kappa shape index (κ3) is 3.90. The maximum Gasteiger partial charge on any atom is 0.229 e. The van der Waals surface area contributed by atoms with Crippen molar-refractivity contribution in [1.29, 1.82) is 0 Å². The van der Waals surface area contributed by atoms with Gasteiger partial charge < -0.3 is 10.2 Å². The largest absolute Gasteiger partial charge is 0.326 e. The zero-order valence-electron chi connectivity index (χ0n) is 15.0. The molecule has 0 radical (unpaired) electrons. The zero-order valence-corrected chi connectivity index (χ0v) is 15.0. The number of hydrogen-bond acceptors (Lipinski definition) is 2. The Bertz CT molecular complexity index is 763. The van der Waals surface area contributed by atoms with Gasteiger partial charge in [0.05, 0.1) is 5.92 Å². The van der Waals surface area contributed by atoms with Crippen LogP contribution >= 0.6 is 0 Å². The van der Waals surface area contributed by atoms with Crippen LogP contribution in [0.25, 0.3) is 0 Å². The van der Waals surface area contributed by atoms with Crippen LogP contribution in [0.5, 0.6) is 0 Å². The van der Waals surface area contributed by atoms with Gasteiger partial charge in [0.1, 0.15) is 0 Å². The highest BCUT2D eigenvalue weighted by Gasteiger charge is 2.35. The minimum atomic E-state index is -0.321. The molecule has 0 saturated carbocycles. The zero-order chi connectivity index (χ0) is 18.0. The second kappa shape index (κ2) is 7.09. The van der Waals surface area contributed by atoms with Crippen LogP contribution in [0.4, 0.5) is 11.4 Å². The number of rotatable bonds is 4. The van der Waals surface area contributed by atoms with Crippen LogP contribution in [0.2, 0.25) is 0 Å². The molecule has 1 aliphatic heterocycles. The summed E-state index contributed by atoms with van der Waals surface area (Å²) in [6.45, 7) is 6.71. The van der Waals surface area contributed by atoms with Gasteiger partial charge in [0.25, 0.3) is 0 Å². The normalized spacial score (nSPS) is 17.2. The van der Waals surface area contributed by atoms with Gasteiger partial charge in [-0.15, -0.1) is 0 Å². The molecule has 2 amide bonds. The van der Waals surface area contributed by atoms with Gasteiger partial charge in [-0.2, -0.15) is 0 Å². The lowest BCUT2D eigenvalue weighted by Crippen LogP contribution is -2.28. The summed E-state index contributed by atoms with van der Waals surface area (Å²) in [6.07, 6.45) is 0.254. The van der Waals surface area contributed by atoms with Crippen LogP contribution in [0.1, 0.15) is 37.3 Å². The Morgan fingerprint density at radius 2 is 1.72 bits per heavy atom. The molecule has 1 N–H and O–H groups in total. The van der Waals surface area contributed by atoms with Crippen molar-refractivity contribution in [2.24, 2.45) is 5.92 Å². The van der Waals surface area contributed by atoms with Gasteiger partial charge in [-0.3, -0.25) is 9.59 Å². The van der Waals surface area contributed by atoms with Crippen LogP contribution in [-0.4, -0.2) is 18.4 Å². The predicted molar refractivity (Wildman–Crippen MR) is 101 cm³/mol. The van der Waals surface area contributed by atoms with E-state index >= 15 is 0 Å². The molecule has 1 saturated heterocycles. The topological polar surface area (TPSA) is 49.4 Å². The van der Waals surface area contributed by atoms with Gasteiger partial charge in [0.15, 0.2) is 0 Å². The van der Waals surface area contributed by atoms with Crippen molar-refractivity contribution in [1.82, 2.24) is 0 Å². The molecule has 130 valence electrons. The Kier molecular flexibility index (Phi) is 4.88. The SMILES string of the molecule is Cc1ccc(N2CC(C(=O)Nc3ccc(C(C)C)cc3)CC2=O)cc1. The Hall–Kier alpha value is -2.62. The van der Waals surface area contributed by atoms with E-state index in [1.165, 1.54) is 5.56 Å². The van der Waals surface area contributed by atoms with E-state index in [2.05, 4.69) is 19.2 Å². The number of nitrogens with zero attached hydrogens (tertiary/aromatic N) is 1. The average molecular weight is 336 g/mol. The second-order valence-corrected chi connectivity index (χ2v) is 7.01. The summed E-state index contributed by atoms with van der Waals surface area (Å²) in [7, 11) is 0. The molecule has 0 aromatic heterocycles. The molecule has 0 aliphatic carbocycles. The summed E-state index contributed by atoms with van der Waals surface area (Å²) < 4.78 is 0. The Labute approximate surface area is 148 Å². The summed E-state index contributed by atoms with van der Waals surface area (Å²) in [6, 6.07) is 15.7. The van der Waals surface area contributed by atoms with Crippen molar-refractivity contribution in [3.05, 3.63) is 59.7 Å². The van der Waals surface area contributed by atoms with Crippen LogP contribution in [-0.2, 0) is 9.59 Å². The first-order valence-electron chi connectivity index (χ1n) is 8.72. The van der Waals surface area contributed by atoms with Crippen molar-refractivity contribution in [3.8, 4) is 0 Å². The molecule has 1 atom stereocenters. The molecular formula is C21H24N2O2. The van der Waals surface area contributed by atoms with Gasteiger partial charge in [0, 0.05) is 24.3 Å². The van der Waals surface area contributed by atoms with Gasteiger partial charge in [0.2, 0.25) is 11.8 Å². The Morgan fingerprint density at radius 3 is 2.32 bits per heavy atom. The van der Waals surface area contributed by atoms with E-state index in [-0.39, 0.29) is 24.2 Å². The molecule has 2 aromatic carbocycles. The lowest BCUT2D eigenvalue weighted by atomic mass is 10.0. The fraction of sp³-hybridized carbons (Fsp3) is 0.333. The number of carbonyl (C=O) groups is 2. The molecule has 1 fully saturated rings. The van der Waals surface area contributed by atoms with Gasteiger partial charge in [-0.05, 0) is 42.7 Å². The number of nitrogens with one attached hydrogen (secondary N) is 1. The van der Waals surface area contributed by atoms with Crippen molar-refractivity contribution in [3.63, 3.8) is 0 Å². The highest BCUT2D eigenvalue weighted by atomic mass is 16.2. The van der Waals surface area contributed by atoms with Crippen molar-refractivity contribution in [2.75, 3.05) is 16.8 Å². The maximum atomic E-state index is 12.5. The van der Waals surface area contributed by atoms with E-state index in [4.69, 9.17) is 0 Å². The molecule has 4 nitrogen and oxygen atoms in total. The number of benzene rings is 2. The number of carbonyl (C=O) groups excluding carboxylic acids is 2. The third-order valence-electron chi connectivity index (χ3n) is 4.69. The lowest BCUT2D eigenvalue weighted by molar-refractivity contribution is -0.122. The first-order valence-corrected chi connectivity index (χ1v) is 8.72. The van der Waals surface area contributed by atoms with Crippen molar-refractivity contribution >= 4 is 23.2 Å². The number of anilines is 2. The molecule has 1 aliphatic rings. The first-order chi connectivity index (χ1) is 11.9. The smallest absolute Gasteiger partial charge is 0.229 e. The molecule has 1 heterocycles. The molecule has 2 aromatic rings. The van der Waals surface area contributed by atoms with Crippen molar-refractivity contribution < 1.29 is 9.59 Å². The van der Waals surface area contributed by atoms with Gasteiger partial charge in [-0.1, -0.05) is 43.7 Å². The summed E-state index contributed by atoms with van der Waals surface area (Å²) in [5.41, 5.74) is 4.01. The minimum Gasteiger partial charge on any atom is -0.326 e. The molecular weight excluding hydrogens is 312 g/mol. The van der Waals surface area contributed by atoms with E-state index < -0.39 is 0 Å². The molecule has 3 rings (SSSR count). The molecule has 25 heavy (non-hydrogen) atoms. The summed E-state index contributed by atoms with van der Waals surface area (Å²) >= 11 is 0. The summed E-state index contributed by atoms with van der Waals surface area (Å²) in [5.74, 6) is 0.0401. The fourth-order valence-electron chi connectivity index (χ4n) is 3.05. The van der Waals surface area contributed by atoms with Crippen molar-refractivity contribution in [2.45, 2.75) is 33.1 Å². The lowest BCUT2D eigenvalue weighted by Gasteiger charge is -2.17. The Balaban J connectivity index is 1.65. The minimum absolute atomic E-state index is 0.000779. The Morgan fingerprint density at radius 1 is 1.08 bits per heavy atom. The van der Waals surface area contributed by atoms with E-state index in [0.29, 0.717) is 12.5 Å². The predicted octanol–water partition coefficient (Wildman–Crippen LogP) is 4.11. The summed E-state index contributed by atoms with van der Waals surface area (Å²) in [4.78, 5) is 26.5. The van der Waals surface area contributed by atoms with Gasteiger partial charge >= 0.3 is 0 Å². The summed E-state index contributed by atoms with van der Waals surface area (Å²) in [5, 5.41) is 2.93. The van der Waals surface area contributed by atoms with Crippen LogP contribution < -0.4 is 10.2 Å². The van der Waals surface area contributed by atoms with E-state index in [9.17, 15) is 9.59 Å². The second-order valence-electron chi connectivity index (χ2n) is 7.01. The highest BCUT2D eigenvalue weighted by molar-refractivity contribution is 6.03. The van der Waals surface area contributed by atoms with E-state index in [0.717, 1.165) is 16.9 Å². The maximum absolute atomic E-state index is 12.5. The third-order valence-corrected chi connectivity index (χ3v) is 4.69. The number of hydrogen-bond donors (Lipinski definition) is 1. The fourth-order valence-corrected chi connectivity index (χ4v) is 3.05. The number of amides is 2. The quantitative estimate of drug-likeness (QED) is 0.913. The highest BCUT2D eigenvalue weighted by Crippen LogP contribution is 2.26. The van der Waals surface area contributed by atoms with Crippen LogP contribution in [0.15, 0.2) is 48.5 Å². The first kappa shape index (κ1) is 17.2. The number of aryl methyl sites for hydroxylation is 1. The van der Waals surface area contributed by atoms with E-state index in [1.54, 1.807) is 4.90 Å². The molecule has 1 unspecified atom stereocenters. The van der Waals surface area contributed by atoms with E-state index in [1.807, 2.05) is 55.5 Å². The standard InChI is InChI=1S/C21H24N2O2/c1-14(2)16-6-8-18(9-7-16)22-21(25)17-12-20(24)23(13-17)19-10-4-15(3)5-11-19/h4-11,14,17H,12-13H2,1-3H3,(H,22,25).